The Morgan fingerprint density at radius 2 is 1.20 bits per heavy atom. The van der Waals surface area contributed by atoms with Gasteiger partial charge in [-0.1, -0.05) is 7.43 Å². The fraction of sp³-hybridized carbons (Fsp3) is 0.231. The second-order valence-electron chi connectivity index (χ2n) is 3.44. The van der Waals surface area contributed by atoms with E-state index in [0.29, 0.717) is 0 Å². The molecule has 2 aromatic rings. The zero-order valence-corrected chi connectivity index (χ0v) is 8.36. The molecule has 0 radical (unpaired) electrons. The zero-order chi connectivity index (χ0) is 9.97. The van der Waals surface area contributed by atoms with Crippen molar-refractivity contribution in [1.82, 2.24) is 9.97 Å². The van der Waals surface area contributed by atoms with Gasteiger partial charge in [0.1, 0.15) is 0 Å². The fourth-order valence-corrected chi connectivity index (χ4v) is 1.35. The van der Waals surface area contributed by atoms with E-state index in [2.05, 4.69) is 23.8 Å². The topological polar surface area (TPSA) is 25.8 Å². The molecule has 2 nitrogen and oxygen atoms in total. The van der Waals surface area contributed by atoms with E-state index in [9.17, 15) is 0 Å². The van der Waals surface area contributed by atoms with Gasteiger partial charge in [0.15, 0.2) is 0 Å². The molecule has 78 valence electrons. The Morgan fingerprint density at radius 3 is 1.53 bits per heavy atom. The lowest BCUT2D eigenvalue weighted by molar-refractivity contribution is 1.21. The number of aryl methyl sites for hydroxylation is 2. The molecule has 2 heterocycles. The Morgan fingerprint density at radius 1 is 0.800 bits per heavy atom. The molecule has 15 heavy (non-hydrogen) atoms. The van der Waals surface area contributed by atoms with Gasteiger partial charge in [0.05, 0.1) is 11.4 Å². The normalized spacial score (nSPS) is 9.47. The fourth-order valence-electron chi connectivity index (χ4n) is 1.35. The van der Waals surface area contributed by atoms with Gasteiger partial charge in [0.25, 0.3) is 0 Å². The molecule has 0 spiro atoms. The summed E-state index contributed by atoms with van der Waals surface area (Å²) in [6, 6.07) is 8.06. The van der Waals surface area contributed by atoms with E-state index in [-0.39, 0.29) is 7.43 Å². The Kier molecular flexibility index (Phi) is 3.56. The Hall–Kier alpha value is -1.70. The second kappa shape index (κ2) is 4.69. The number of hydrogen-bond acceptors (Lipinski definition) is 2. The van der Waals surface area contributed by atoms with Crippen molar-refractivity contribution in [2.75, 3.05) is 0 Å². The molecule has 0 amide bonds. The van der Waals surface area contributed by atoms with Crippen LogP contribution in [0.25, 0.3) is 11.4 Å². The van der Waals surface area contributed by atoms with E-state index in [4.69, 9.17) is 0 Å². The standard InChI is InChI=1S/C12H12N2.CH4/c1-9-3-5-13-11(7-9)12-8-10(2)4-6-14-12;/h3-8H,1-2H3;1H4. The van der Waals surface area contributed by atoms with E-state index in [0.717, 1.165) is 11.4 Å². The van der Waals surface area contributed by atoms with Gasteiger partial charge >= 0.3 is 0 Å². The summed E-state index contributed by atoms with van der Waals surface area (Å²) < 4.78 is 0. The maximum atomic E-state index is 4.29. The van der Waals surface area contributed by atoms with Gasteiger partial charge in [-0.2, -0.15) is 0 Å². The molecule has 2 heteroatoms. The molecule has 0 unspecified atom stereocenters. The van der Waals surface area contributed by atoms with Crippen molar-refractivity contribution >= 4 is 0 Å². The highest BCUT2D eigenvalue weighted by atomic mass is 14.8. The number of nitrogens with zero attached hydrogens (tertiary/aromatic N) is 2. The third-order valence-electron chi connectivity index (χ3n) is 2.09. The maximum Gasteiger partial charge on any atom is 0.0888 e. The summed E-state index contributed by atoms with van der Waals surface area (Å²) in [6.07, 6.45) is 3.63. The van der Waals surface area contributed by atoms with Crippen LogP contribution < -0.4 is 0 Å². The Bertz CT molecular complexity index is 406. The van der Waals surface area contributed by atoms with E-state index >= 15 is 0 Å². The first-order valence-electron chi connectivity index (χ1n) is 4.61. The predicted octanol–water partition coefficient (Wildman–Crippen LogP) is 3.40. The van der Waals surface area contributed by atoms with Crippen molar-refractivity contribution in [1.29, 1.82) is 0 Å². The van der Waals surface area contributed by atoms with Crippen molar-refractivity contribution in [3.8, 4) is 11.4 Å². The molecular formula is C13H16N2. The van der Waals surface area contributed by atoms with Crippen molar-refractivity contribution in [3.05, 3.63) is 47.8 Å². The minimum atomic E-state index is 0. The molecular weight excluding hydrogens is 184 g/mol. The summed E-state index contributed by atoms with van der Waals surface area (Å²) in [5, 5.41) is 0. The van der Waals surface area contributed by atoms with Gasteiger partial charge in [-0.15, -0.1) is 0 Å². The average Bonchev–Trinajstić information content (AvgIpc) is 2.18. The summed E-state index contributed by atoms with van der Waals surface area (Å²) >= 11 is 0. The molecule has 0 aromatic carbocycles. The van der Waals surface area contributed by atoms with Crippen molar-refractivity contribution in [2.45, 2.75) is 21.3 Å². The van der Waals surface area contributed by atoms with Gasteiger partial charge in [-0.3, -0.25) is 9.97 Å². The summed E-state index contributed by atoms with van der Waals surface area (Å²) in [6.45, 7) is 4.11. The summed E-state index contributed by atoms with van der Waals surface area (Å²) in [7, 11) is 0. The molecule has 0 aliphatic carbocycles. The highest BCUT2D eigenvalue weighted by Gasteiger charge is 2.00. The number of hydrogen-bond donors (Lipinski definition) is 0. The maximum absolute atomic E-state index is 4.29. The van der Waals surface area contributed by atoms with Crippen LogP contribution in [0.5, 0.6) is 0 Å². The predicted molar refractivity (Wildman–Crippen MR) is 63.7 cm³/mol. The van der Waals surface area contributed by atoms with Crippen LogP contribution in [0.15, 0.2) is 36.7 Å². The van der Waals surface area contributed by atoms with Crippen LogP contribution in [0.3, 0.4) is 0 Å². The highest BCUT2D eigenvalue weighted by molar-refractivity contribution is 5.55. The second-order valence-corrected chi connectivity index (χ2v) is 3.44. The lowest BCUT2D eigenvalue weighted by Crippen LogP contribution is -1.88. The smallest absolute Gasteiger partial charge is 0.0888 e. The average molecular weight is 200 g/mol. The molecule has 0 atom stereocenters. The van der Waals surface area contributed by atoms with Gasteiger partial charge in [0.2, 0.25) is 0 Å². The van der Waals surface area contributed by atoms with Crippen molar-refractivity contribution in [2.24, 2.45) is 0 Å². The molecule has 0 N–H and O–H groups in total. The van der Waals surface area contributed by atoms with E-state index in [1.807, 2.05) is 36.7 Å². The number of aromatic nitrogens is 2. The zero-order valence-electron chi connectivity index (χ0n) is 8.36. The summed E-state index contributed by atoms with van der Waals surface area (Å²) in [5.74, 6) is 0. The molecule has 0 saturated carbocycles. The van der Waals surface area contributed by atoms with Crippen LogP contribution in [0, 0.1) is 13.8 Å². The quantitative estimate of drug-likeness (QED) is 0.705. The van der Waals surface area contributed by atoms with E-state index in [1.54, 1.807) is 0 Å². The van der Waals surface area contributed by atoms with Gasteiger partial charge in [-0.05, 0) is 49.2 Å². The summed E-state index contributed by atoms with van der Waals surface area (Å²) in [4.78, 5) is 8.58. The van der Waals surface area contributed by atoms with Crippen LogP contribution in [-0.2, 0) is 0 Å². The highest BCUT2D eigenvalue weighted by Crippen LogP contribution is 2.15. The van der Waals surface area contributed by atoms with Gasteiger partial charge < -0.3 is 0 Å². The van der Waals surface area contributed by atoms with Crippen LogP contribution in [0.4, 0.5) is 0 Å². The summed E-state index contributed by atoms with van der Waals surface area (Å²) in [5.41, 5.74) is 4.29. The van der Waals surface area contributed by atoms with E-state index in [1.165, 1.54) is 11.1 Å². The number of pyridine rings is 2. The lowest BCUT2D eigenvalue weighted by Gasteiger charge is -2.01. The Balaban J connectivity index is 0.00000112. The Labute approximate surface area is 91.0 Å². The van der Waals surface area contributed by atoms with Crippen molar-refractivity contribution < 1.29 is 0 Å². The minimum absolute atomic E-state index is 0. The first kappa shape index (κ1) is 11.4. The number of rotatable bonds is 1. The van der Waals surface area contributed by atoms with Crippen LogP contribution >= 0.6 is 0 Å². The largest absolute Gasteiger partial charge is 0.255 e. The first-order valence-corrected chi connectivity index (χ1v) is 4.61. The minimum Gasteiger partial charge on any atom is -0.255 e. The monoisotopic (exact) mass is 200 g/mol. The van der Waals surface area contributed by atoms with Crippen LogP contribution in [-0.4, -0.2) is 9.97 Å². The van der Waals surface area contributed by atoms with Crippen molar-refractivity contribution in [3.63, 3.8) is 0 Å². The van der Waals surface area contributed by atoms with Crippen LogP contribution in [0.1, 0.15) is 18.6 Å². The molecule has 0 saturated heterocycles. The van der Waals surface area contributed by atoms with Gasteiger partial charge in [-0.25, -0.2) is 0 Å². The van der Waals surface area contributed by atoms with Gasteiger partial charge in [0, 0.05) is 12.4 Å². The molecule has 0 fully saturated rings. The molecule has 0 aliphatic rings. The first-order chi connectivity index (χ1) is 6.75. The SMILES string of the molecule is C.Cc1ccnc(-c2cc(C)ccn2)c1. The molecule has 0 bridgehead atoms. The third kappa shape index (κ3) is 2.62. The van der Waals surface area contributed by atoms with E-state index < -0.39 is 0 Å². The molecule has 2 rings (SSSR count). The third-order valence-corrected chi connectivity index (χ3v) is 2.09. The molecule has 2 aromatic heterocycles. The lowest BCUT2D eigenvalue weighted by atomic mass is 10.1. The van der Waals surface area contributed by atoms with Crippen LogP contribution in [0.2, 0.25) is 0 Å². The molecule has 0 aliphatic heterocycles.